The molecule has 33 heavy (non-hydrogen) atoms. The zero-order valence-electron chi connectivity index (χ0n) is 19.5. The van der Waals surface area contributed by atoms with Crippen molar-refractivity contribution in [2.24, 2.45) is 0 Å². The molecule has 3 heterocycles. The predicted octanol–water partition coefficient (Wildman–Crippen LogP) is 3.42. The molecule has 4 rings (SSSR count). The highest BCUT2D eigenvalue weighted by molar-refractivity contribution is 5.92. The molecule has 3 aromatic rings. The average molecular weight is 446 g/mol. The van der Waals surface area contributed by atoms with Gasteiger partial charge in [0.25, 0.3) is 0 Å². The second-order valence-electron chi connectivity index (χ2n) is 8.36. The Hall–Kier alpha value is -3.45. The Morgan fingerprint density at radius 2 is 1.88 bits per heavy atom. The Balaban J connectivity index is 1.39. The lowest BCUT2D eigenvalue weighted by Gasteiger charge is -2.29. The molecular weight excluding hydrogens is 414 g/mol. The van der Waals surface area contributed by atoms with Gasteiger partial charge >= 0.3 is 0 Å². The molecule has 1 aromatic carbocycles. The second-order valence-corrected chi connectivity index (χ2v) is 8.36. The maximum absolute atomic E-state index is 12.6. The number of carbonyl (C=O) groups is 1. The van der Waals surface area contributed by atoms with Crippen molar-refractivity contribution in [1.29, 1.82) is 0 Å². The van der Waals surface area contributed by atoms with Crippen molar-refractivity contribution < 1.29 is 9.53 Å². The van der Waals surface area contributed by atoms with Crippen LogP contribution >= 0.6 is 0 Å². The highest BCUT2D eigenvalue weighted by atomic mass is 16.5. The minimum Gasteiger partial charge on any atom is -0.378 e. The largest absolute Gasteiger partial charge is 0.378 e. The summed E-state index contributed by atoms with van der Waals surface area (Å²) in [6.45, 7) is 10.2. The van der Waals surface area contributed by atoms with Crippen LogP contribution in [0.15, 0.2) is 48.7 Å². The fourth-order valence-corrected chi connectivity index (χ4v) is 4.00. The first-order chi connectivity index (χ1) is 16.0. The number of ether oxygens (including phenoxy) is 1. The van der Waals surface area contributed by atoms with E-state index in [4.69, 9.17) is 4.74 Å². The molecule has 0 atom stereocenters. The normalized spacial score (nSPS) is 14.1. The molecule has 7 heteroatoms. The van der Waals surface area contributed by atoms with Crippen molar-refractivity contribution in [3.63, 3.8) is 0 Å². The van der Waals surface area contributed by atoms with Crippen LogP contribution in [0.4, 0.5) is 5.82 Å². The van der Waals surface area contributed by atoms with Crippen LogP contribution in [0, 0.1) is 20.8 Å². The van der Waals surface area contributed by atoms with Gasteiger partial charge in [-0.1, -0.05) is 35.9 Å². The van der Waals surface area contributed by atoms with Gasteiger partial charge in [0.15, 0.2) is 0 Å². The SMILES string of the molecule is Cc1ccc(Cn2nc(C)c(/C=C/C(=O)NCc3cccnc3N3CCOCC3)c2C)cc1. The third-order valence-corrected chi connectivity index (χ3v) is 5.92. The van der Waals surface area contributed by atoms with E-state index in [1.165, 1.54) is 11.1 Å². The monoisotopic (exact) mass is 445 g/mol. The maximum Gasteiger partial charge on any atom is 0.244 e. The van der Waals surface area contributed by atoms with Crippen molar-refractivity contribution in [3.05, 3.63) is 82.3 Å². The van der Waals surface area contributed by atoms with Gasteiger partial charge in [-0.25, -0.2) is 4.98 Å². The van der Waals surface area contributed by atoms with Crippen LogP contribution < -0.4 is 10.2 Å². The molecule has 0 saturated carbocycles. The second kappa shape index (κ2) is 10.4. The summed E-state index contributed by atoms with van der Waals surface area (Å²) in [4.78, 5) is 19.3. The average Bonchev–Trinajstić information content (AvgIpc) is 3.10. The minimum atomic E-state index is -0.142. The molecule has 172 valence electrons. The minimum absolute atomic E-state index is 0.142. The van der Waals surface area contributed by atoms with Gasteiger partial charge in [-0.05, 0) is 38.5 Å². The Morgan fingerprint density at radius 3 is 2.64 bits per heavy atom. The molecule has 0 spiro atoms. The standard InChI is InChI=1S/C26H31N5O2/c1-19-6-8-22(9-7-19)18-31-21(3)24(20(2)29-31)10-11-25(32)28-17-23-5-4-12-27-26(23)30-13-15-33-16-14-30/h4-12H,13-18H2,1-3H3,(H,28,32)/b11-10+. The highest BCUT2D eigenvalue weighted by Crippen LogP contribution is 2.19. The Labute approximate surface area is 195 Å². The first kappa shape index (κ1) is 22.7. The fourth-order valence-electron chi connectivity index (χ4n) is 4.00. The van der Waals surface area contributed by atoms with E-state index in [2.05, 4.69) is 51.5 Å². The van der Waals surface area contributed by atoms with Gasteiger partial charge in [-0.3, -0.25) is 9.48 Å². The summed E-state index contributed by atoms with van der Waals surface area (Å²) in [7, 11) is 0. The number of nitrogens with one attached hydrogen (secondary N) is 1. The van der Waals surface area contributed by atoms with Crippen LogP contribution in [-0.4, -0.2) is 47.0 Å². The Kier molecular flexibility index (Phi) is 7.19. The van der Waals surface area contributed by atoms with Gasteiger partial charge in [0.1, 0.15) is 5.82 Å². The smallest absolute Gasteiger partial charge is 0.244 e. The highest BCUT2D eigenvalue weighted by Gasteiger charge is 2.16. The molecule has 0 aliphatic carbocycles. The number of hydrogen-bond acceptors (Lipinski definition) is 5. The number of nitrogens with zero attached hydrogens (tertiary/aromatic N) is 4. The molecule has 1 aliphatic rings. The van der Waals surface area contributed by atoms with E-state index in [1.807, 2.05) is 36.7 Å². The van der Waals surface area contributed by atoms with Gasteiger partial charge in [-0.15, -0.1) is 0 Å². The molecule has 1 aliphatic heterocycles. The van der Waals surface area contributed by atoms with E-state index in [0.29, 0.717) is 26.3 Å². The van der Waals surface area contributed by atoms with Crippen LogP contribution in [0.3, 0.4) is 0 Å². The van der Waals surface area contributed by atoms with Crippen molar-refractivity contribution in [1.82, 2.24) is 20.1 Å². The molecule has 1 fully saturated rings. The van der Waals surface area contributed by atoms with Crippen LogP contribution in [0.1, 0.15) is 33.6 Å². The molecule has 0 radical (unpaired) electrons. The van der Waals surface area contributed by atoms with Crippen molar-refractivity contribution in [2.45, 2.75) is 33.9 Å². The molecule has 1 N–H and O–H groups in total. The molecule has 0 unspecified atom stereocenters. The summed E-state index contributed by atoms with van der Waals surface area (Å²) in [6.07, 6.45) is 5.22. The van der Waals surface area contributed by atoms with Crippen molar-refractivity contribution in [3.8, 4) is 0 Å². The Morgan fingerprint density at radius 1 is 1.12 bits per heavy atom. The summed E-state index contributed by atoms with van der Waals surface area (Å²) in [5.41, 5.74) is 6.37. The summed E-state index contributed by atoms with van der Waals surface area (Å²) in [5, 5.41) is 7.66. The molecule has 2 aromatic heterocycles. The number of pyridine rings is 1. The Bertz CT molecular complexity index is 1130. The number of hydrogen-bond donors (Lipinski definition) is 1. The number of benzene rings is 1. The van der Waals surface area contributed by atoms with E-state index < -0.39 is 0 Å². The number of anilines is 1. The summed E-state index contributed by atoms with van der Waals surface area (Å²) in [6, 6.07) is 12.4. The van der Waals surface area contributed by atoms with Gasteiger partial charge in [-0.2, -0.15) is 5.10 Å². The van der Waals surface area contributed by atoms with Gasteiger partial charge < -0.3 is 15.0 Å². The molecule has 1 saturated heterocycles. The van der Waals surface area contributed by atoms with E-state index >= 15 is 0 Å². The van der Waals surface area contributed by atoms with E-state index in [0.717, 1.165) is 41.4 Å². The lowest BCUT2D eigenvalue weighted by atomic mass is 10.1. The summed E-state index contributed by atoms with van der Waals surface area (Å²) >= 11 is 0. The van der Waals surface area contributed by atoms with Crippen molar-refractivity contribution in [2.75, 3.05) is 31.2 Å². The number of aromatic nitrogens is 3. The first-order valence-corrected chi connectivity index (χ1v) is 11.3. The van der Waals surface area contributed by atoms with Crippen LogP contribution in [0.25, 0.3) is 6.08 Å². The zero-order valence-corrected chi connectivity index (χ0v) is 19.5. The maximum atomic E-state index is 12.6. The number of amides is 1. The lowest BCUT2D eigenvalue weighted by Crippen LogP contribution is -2.37. The number of aryl methyl sites for hydroxylation is 2. The summed E-state index contributed by atoms with van der Waals surface area (Å²) in [5.74, 6) is 0.769. The van der Waals surface area contributed by atoms with E-state index in [9.17, 15) is 4.79 Å². The van der Waals surface area contributed by atoms with Crippen LogP contribution in [0.2, 0.25) is 0 Å². The van der Waals surface area contributed by atoms with Gasteiger partial charge in [0.05, 0.1) is 25.5 Å². The molecule has 7 nitrogen and oxygen atoms in total. The first-order valence-electron chi connectivity index (χ1n) is 11.3. The quantitative estimate of drug-likeness (QED) is 0.564. The molecule has 1 amide bonds. The number of morpholine rings is 1. The van der Waals surface area contributed by atoms with Gasteiger partial charge in [0.2, 0.25) is 5.91 Å². The van der Waals surface area contributed by atoms with E-state index in [1.54, 1.807) is 12.3 Å². The zero-order chi connectivity index (χ0) is 23.2. The van der Waals surface area contributed by atoms with E-state index in [-0.39, 0.29) is 5.91 Å². The fraction of sp³-hybridized carbons (Fsp3) is 0.346. The van der Waals surface area contributed by atoms with Crippen molar-refractivity contribution >= 4 is 17.8 Å². The third kappa shape index (κ3) is 5.68. The predicted molar refractivity (Wildman–Crippen MR) is 130 cm³/mol. The van der Waals surface area contributed by atoms with Gasteiger partial charge in [0, 0.05) is 48.7 Å². The number of carbonyl (C=O) groups excluding carboxylic acids is 1. The number of rotatable bonds is 7. The third-order valence-electron chi connectivity index (χ3n) is 5.92. The lowest BCUT2D eigenvalue weighted by molar-refractivity contribution is -0.116. The molecular formula is C26H31N5O2. The van der Waals surface area contributed by atoms with Crippen LogP contribution in [0.5, 0.6) is 0 Å². The van der Waals surface area contributed by atoms with Crippen LogP contribution in [-0.2, 0) is 22.6 Å². The molecule has 0 bridgehead atoms. The topological polar surface area (TPSA) is 72.3 Å². The summed E-state index contributed by atoms with van der Waals surface area (Å²) < 4.78 is 7.42.